The van der Waals surface area contributed by atoms with Crippen LogP contribution in [0.15, 0.2) is 18.2 Å². The average Bonchev–Trinajstić information content (AvgIpc) is 2.44. The summed E-state index contributed by atoms with van der Waals surface area (Å²) in [5, 5.41) is 19.9. The summed E-state index contributed by atoms with van der Waals surface area (Å²) in [7, 11) is 0. The lowest BCUT2D eigenvalue weighted by atomic mass is 10.1. The van der Waals surface area contributed by atoms with Crippen LogP contribution in [-0.2, 0) is 15.8 Å². The second-order valence-electron chi connectivity index (χ2n) is 4.75. The fourth-order valence-corrected chi connectivity index (χ4v) is 2.60. The molecule has 132 valence electrons. The Morgan fingerprint density at radius 1 is 1.29 bits per heavy atom. The van der Waals surface area contributed by atoms with Gasteiger partial charge in [-0.1, -0.05) is 11.8 Å². The molecule has 0 bridgehead atoms. The lowest BCUT2D eigenvalue weighted by Crippen LogP contribution is -2.39. The van der Waals surface area contributed by atoms with Gasteiger partial charge < -0.3 is 15.5 Å². The van der Waals surface area contributed by atoms with E-state index in [4.69, 9.17) is 5.11 Å². The van der Waals surface area contributed by atoms with Crippen LogP contribution in [0.3, 0.4) is 0 Å². The molecule has 0 radical (unpaired) electrons. The summed E-state index contributed by atoms with van der Waals surface area (Å²) in [6.07, 6.45) is -4.70. The minimum Gasteiger partial charge on any atom is -0.507 e. The summed E-state index contributed by atoms with van der Waals surface area (Å²) in [6.45, 7) is 1.15. The third kappa shape index (κ3) is 5.76. The maximum Gasteiger partial charge on any atom is 0.416 e. The Kier molecular flexibility index (Phi) is 6.64. The Morgan fingerprint density at radius 2 is 1.92 bits per heavy atom. The Labute approximate surface area is 139 Å². The Hall–Kier alpha value is -2.23. The van der Waals surface area contributed by atoms with Gasteiger partial charge in [0.05, 0.1) is 11.1 Å². The van der Waals surface area contributed by atoms with Gasteiger partial charge >= 0.3 is 12.1 Å². The van der Waals surface area contributed by atoms with E-state index in [1.165, 1.54) is 0 Å². The summed E-state index contributed by atoms with van der Waals surface area (Å²) in [5.74, 6) is -2.62. The first-order valence-corrected chi connectivity index (χ1v) is 7.58. The van der Waals surface area contributed by atoms with Gasteiger partial charge in [0.15, 0.2) is 0 Å². The molecule has 0 heterocycles. The Balaban J connectivity index is 2.69. The summed E-state index contributed by atoms with van der Waals surface area (Å²) in [4.78, 5) is 33.7. The fraction of sp³-hybridized carbons (Fsp3) is 0.357. The number of phenols is 1. The number of amides is 1. The second-order valence-corrected chi connectivity index (χ2v) is 5.81. The zero-order valence-corrected chi connectivity index (χ0v) is 13.2. The average molecular weight is 365 g/mol. The monoisotopic (exact) mass is 365 g/mol. The van der Waals surface area contributed by atoms with Gasteiger partial charge in [0.2, 0.25) is 11.0 Å². The number of carboxylic acids is 1. The van der Waals surface area contributed by atoms with Crippen LogP contribution in [0.1, 0.15) is 29.3 Å². The maximum atomic E-state index is 12.5. The van der Waals surface area contributed by atoms with Crippen LogP contribution in [0.4, 0.5) is 13.2 Å². The molecular formula is C14H14F3NO5S. The minimum atomic E-state index is -4.64. The normalized spacial score (nSPS) is 12.5. The lowest BCUT2D eigenvalue weighted by molar-refractivity contribution is -0.141. The van der Waals surface area contributed by atoms with Crippen molar-refractivity contribution >= 4 is 28.8 Å². The van der Waals surface area contributed by atoms with Gasteiger partial charge in [0.25, 0.3) is 0 Å². The summed E-state index contributed by atoms with van der Waals surface area (Å²) in [5.41, 5.74) is -1.39. The van der Waals surface area contributed by atoms with Crippen molar-refractivity contribution < 1.29 is 37.8 Å². The highest BCUT2D eigenvalue weighted by Crippen LogP contribution is 2.33. The molecule has 6 nitrogen and oxygen atoms in total. The van der Waals surface area contributed by atoms with Crippen LogP contribution in [0.5, 0.6) is 5.75 Å². The third-order valence-electron chi connectivity index (χ3n) is 2.86. The fourth-order valence-electron chi connectivity index (χ4n) is 1.73. The van der Waals surface area contributed by atoms with Gasteiger partial charge in [-0.25, -0.2) is 4.79 Å². The van der Waals surface area contributed by atoms with Crippen LogP contribution >= 0.6 is 11.8 Å². The number of hydrogen-bond donors (Lipinski definition) is 3. The van der Waals surface area contributed by atoms with Crippen LogP contribution in [0.25, 0.3) is 0 Å². The van der Waals surface area contributed by atoms with E-state index in [1.54, 1.807) is 0 Å². The third-order valence-corrected chi connectivity index (χ3v) is 3.78. The molecule has 1 aromatic carbocycles. The minimum absolute atomic E-state index is 0.00343. The molecule has 0 fully saturated rings. The van der Waals surface area contributed by atoms with Crippen LogP contribution in [-0.4, -0.2) is 39.0 Å². The number of carbonyl (C=O) groups is 3. The Morgan fingerprint density at radius 3 is 2.38 bits per heavy atom. The van der Waals surface area contributed by atoms with E-state index in [0.717, 1.165) is 13.0 Å². The molecule has 1 rings (SSSR count). The molecule has 0 aliphatic rings. The molecule has 0 saturated carbocycles. The van der Waals surface area contributed by atoms with E-state index in [0.29, 0.717) is 23.9 Å². The van der Waals surface area contributed by atoms with Crippen molar-refractivity contribution in [1.29, 1.82) is 0 Å². The molecule has 3 N–H and O–H groups in total. The number of rotatable bonds is 6. The molecule has 24 heavy (non-hydrogen) atoms. The number of thioether (sulfide) groups is 1. The van der Waals surface area contributed by atoms with Gasteiger partial charge in [-0.2, -0.15) is 13.2 Å². The van der Waals surface area contributed by atoms with Gasteiger partial charge in [0.1, 0.15) is 11.8 Å². The predicted molar refractivity (Wildman–Crippen MR) is 79.8 cm³/mol. The van der Waals surface area contributed by atoms with Gasteiger partial charge in [0, 0.05) is 12.7 Å². The molecular weight excluding hydrogens is 351 g/mol. The van der Waals surface area contributed by atoms with Crippen molar-refractivity contribution in [2.75, 3.05) is 5.75 Å². The van der Waals surface area contributed by atoms with E-state index in [1.807, 2.05) is 0 Å². The second kappa shape index (κ2) is 8.04. The first-order chi connectivity index (χ1) is 11.0. The standard InChI is InChI=1S/C14H14F3NO5S/c1-7(19)18-10(12(21)22)4-5-24-13(23)9-3-2-8(6-11(9)20)14(15,16)17/h2-3,6,10,20H,4-5H2,1H3,(H,18,19)(H,21,22)/t10-/m1/s1. The van der Waals surface area contributed by atoms with Crippen LogP contribution in [0, 0.1) is 0 Å². The molecule has 10 heteroatoms. The van der Waals surface area contributed by atoms with E-state index in [2.05, 4.69) is 5.32 Å². The number of benzene rings is 1. The number of alkyl halides is 3. The molecule has 1 atom stereocenters. The highest BCUT2D eigenvalue weighted by Gasteiger charge is 2.31. The van der Waals surface area contributed by atoms with Crippen LogP contribution in [0.2, 0.25) is 0 Å². The van der Waals surface area contributed by atoms with Crippen molar-refractivity contribution in [2.24, 2.45) is 0 Å². The number of carboxylic acid groups (broad SMARTS) is 1. The number of aromatic hydroxyl groups is 1. The number of phenolic OH excluding ortho intramolecular Hbond substituents is 1. The lowest BCUT2D eigenvalue weighted by Gasteiger charge is -2.13. The first kappa shape index (κ1) is 19.8. The molecule has 1 amide bonds. The van der Waals surface area contributed by atoms with Crippen molar-refractivity contribution in [2.45, 2.75) is 25.6 Å². The molecule has 0 saturated heterocycles. The van der Waals surface area contributed by atoms with Gasteiger partial charge in [-0.15, -0.1) is 0 Å². The van der Waals surface area contributed by atoms with Crippen molar-refractivity contribution in [3.8, 4) is 5.75 Å². The summed E-state index contributed by atoms with van der Waals surface area (Å²) >= 11 is 0.635. The zero-order valence-electron chi connectivity index (χ0n) is 12.4. The number of hydrogen-bond acceptors (Lipinski definition) is 5. The summed E-state index contributed by atoms with van der Waals surface area (Å²) < 4.78 is 37.4. The van der Waals surface area contributed by atoms with Gasteiger partial charge in [-0.3, -0.25) is 9.59 Å². The molecule has 0 unspecified atom stereocenters. The summed E-state index contributed by atoms with van der Waals surface area (Å²) in [6, 6.07) is 0.801. The number of carbonyl (C=O) groups excluding carboxylic acids is 2. The highest BCUT2D eigenvalue weighted by atomic mass is 32.2. The molecule has 1 aromatic rings. The van der Waals surface area contributed by atoms with E-state index < -0.39 is 40.5 Å². The number of halogens is 3. The number of nitrogens with one attached hydrogen (secondary N) is 1. The smallest absolute Gasteiger partial charge is 0.416 e. The quantitative estimate of drug-likeness (QED) is 0.714. The van der Waals surface area contributed by atoms with E-state index in [-0.39, 0.29) is 17.7 Å². The molecule has 0 aromatic heterocycles. The van der Waals surface area contributed by atoms with E-state index >= 15 is 0 Å². The van der Waals surface area contributed by atoms with Gasteiger partial charge in [-0.05, 0) is 24.6 Å². The number of aliphatic carboxylic acids is 1. The topological polar surface area (TPSA) is 104 Å². The highest BCUT2D eigenvalue weighted by molar-refractivity contribution is 8.14. The van der Waals surface area contributed by atoms with Crippen molar-refractivity contribution in [3.05, 3.63) is 29.3 Å². The maximum absolute atomic E-state index is 12.5. The SMILES string of the molecule is CC(=O)N[C@H](CCSC(=O)c1ccc(C(F)(F)F)cc1O)C(=O)O. The molecule has 0 aliphatic heterocycles. The van der Waals surface area contributed by atoms with Crippen LogP contribution < -0.4 is 5.32 Å². The predicted octanol–water partition coefficient (Wildman–Crippen LogP) is 2.26. The Bertz CT molecular complexity index is 648. The van der Waals surface area contributed by atoms with Crippen molar-refractivity contribution in [3.63, 3.8) is 0 Å². The van der Waals surface area contributed by atoms with Crippen molar-refractivity contribution in [1.82, 2.24) is 5.32 Å². The zero-order chi connectivity index (χ0) is 18.5. The first-order valence-electron chi connectivity index (χ1n) is 6.59. The molecule has 0 aliphatic carbocycles. The molecule has 0 spiro atoms. The van der Waals surface area contributed by atoms with E-state index in [9.17, 15) is 32.7 Å². The largest absolute Gasteiger partial charge is 0.507 e.